The van der Waals surface area contributed by atoms with Crippen LogP contribution in [0.3, 0.4) is 0 Å². The van der Waals surface area contributed by atoms with Gasteiger partial charge in [0.1, 0.15) is 0 Å². The van der Waals surface area contributed by atoms with Crippen LogP contribution in [-0.4, -0.2) is 33.9 Å². The predicted octanol–water partition coefficient (Wildman–Crippen LogP) is 2.57. The van der Waals surface area contributed by atoms with Crippen LogP contribution < -0.4 is 19.5 Å². The normalized spacial score (nSPS) is 22.3. The van der Waals surface area contributed by atoms with Crippen LogP contribution in [0, 0.1) is 0 Å². The van der Waals surface area contributed by atoms with Gasteiger partial charge in [-0.1, -0.05) is 6.92 Å². The monoisotopic (exact) mass is 265 g/mol. The van der Waals surface area contributed by atoms with E-state index in [0.29, 0.717) is 17.7 Å². The minimum Gasteiger partial charge on any atom is -0.493 e. The van der Waals surface area contributed by atoms with Crippen LogP contribution >= 0.6 is 0 Å². The molecule has 1 N–H and O–H groups in total. The molecule has 2 atom stereocenters. The molecule has 0 aliphatic carbocycles. The van der Waals surface area contributed by atoms with Crippen LogP contribution in [0.5, 0.6) is 17.2 Å². The van der Waals surface area contributed by atoms with Crippen molar-refractivity contribution < 1.29 is 14.2 Å². The fourth-order valence-corrected chi connectivity index (χ4v) is 2.91. The van der Waals surface area contributed by atoms with E-state index in [1.807, 2.05) is 0 Å². The molecule has 0 saturated carbocycles. The lowest BCUT2D eigenvalue weighted by Crippen LogP contribution is -2.24. The molecule has 2 unspecified atom stereocenters. The van der Waals surface area contributed by atoms with Gasteiger partial charge in [-0.05, 0) is 37.1 Å². The van der Waals surface area contributed by atoms with Crippen LogP contribution in [-0.2, 0) is 0 Å². The lowest BCUT2D eigenvalue weighted by molar-refractivity contribution is 0.323. The molecule has 0 radical (unpaired) electrons. The summed E-state index contributed by atoms with van der Waals surface area (Å²) in [5, 5.41) is 3.55. The maximum absolute atomic E-state index is 5.42. The summed E-state index contributed by atoms with van der Waals surface area (Å²) >= 11 is 0. The van der Waals surface area contributed by atoms with Gasteiger partial charge >= 0.3 is 0 Å². The average Bonchev–Trinajstić information content (AvgIpc) is 2.93. The Morgan fingerprint density at radius 1 is 1.11 bits per heavy atom. The van der Waals surface area contributed by atoms with Gasteiger partial charge in [-0.15, -0.1) is 0 Å². The van der Waals surface area contributed by atoms with Crippen LogP contribution in [0.1, 0.15) is 31.2 Å². The number of hydrogen-bond donors (Lipinski definition) is 1. The highest BCUT2D eigenvalue weighted by Crippen LogP contribution is 2.42. The van der Waals surface area contributed by atoms with Crippen LogP contribution in [0.25, 0.3) is 0 Å². The van der Waals surface area contributed by atoms with E-state index in [4.69, 9.17) is 14.2 Å². The van der Waals surface area contributed by atoms with Crippen LogP contribution in [0.4, 0.5) is 0 Å². The van der Waals surface area contributed by atoms with Gasteiger partial charge in [0.05, 0.1) is 21.3 Å². The van der Waals surface area contributed by atoms with E-state index >= 15 is 0 Å². The lowest BCUT2D eigenvalue weighted by Gasteiger charge is -2.21. The van der Waals surface area contributed by atoms with Crippen molar-refractivity contribution >= 4 is 0 Å². The molecule has 1 fully saturated rings. The first-order valence-electron chi connectivity index (χ1n) is 6.78. The van der Waals surface area contributed by atoms with Crippen molar-refractivity contribution in [3.8, 4) is 17.2 Å². The number of nitrogens with one attached hydrogen (secondary N) is 1. The Hall–Kier alpha value is -1.42. The molecule has 1 heterocycles. The number of benzene rings is 1. The van der Waals surface area contributed by atoms with Gasteiger partial charge in [0, 0.05) is 12.0 Å². The maximum Gasteiger partial charge on any atom is 0.203 e. The molecular formula is C15H23NO3. The van der Waals surface area contributed by atoms with E-state index in [9.17, 15) is 0 Å². The third-order valence-electron chi connectivity index (χ3n) is 3.90. The van der Waals surface area contributed by atoms with Crippen LogP contribution in [0.15, 0.2) is 12.1 Å². The fraction of sp³-hybridized carbons (Fsp3) is 0.600. The van der Waals surface area contributed by atoms with Gasteiger partial charge in [-0.25, -0.2) is 0 Å². The second kappa shape index (κ2) is 6.15. The van der Waals surface area contributed by atoms with Crippen molar-refractivity contribution in [3.05, 3.63) is 17.7 Å². The molecule has 0 aromatic heterocycles. The predicted molar refractivity (Wildman–Crippen MR) is 75.5 cm³/mol. The molecule has 1 aliphatic heterocycles. The zero-order chi connectivity index (χ0) is 13.8. The number of rotatable bonds is 5. The van der Waals surface area contributed by atoms with E-state index in [1.54, 1.807) is 21.3 Å². The van der Waals surface area contributed by atoms with Crippen LogP contribution in [0.2, 0.25) is 0 Å². The molecule has 4 heteroatoms. The minimum atomic E-state index is 0.513. The summed E-state index contributed by atoms with van der Waals surface area (Å²) in [6.07, 6.45) is 2.28. The summed E-state index contributed by atoms with van der Waals surface area (Å²) in [6, 6.07) is 4.67. The standard InChI is InChI=1S/C15H23NO3/c1-5-12-11(6-7-16-12)10-8-13(17-2)15(19-4)14(9-10)18-3/h8-9,11-12,16H,5-7H2,1-4H3. The minimum absolute atomic E-state index is 0.513. The van der Waals surface area contributed by atoms with Crippen molar-refractivity contribution in [3.63, 3.8) is 0 Å². The fourth-order valence-electron chi connectivity index (χ4n) is 2.91. The van der Waals surface area contributed by atoms with E-state index < -0.39 is 0 Å². The van der Waals surface area contributed by atoms with Crippen molar-refractivity contribution in [1.82, 2.24) is 5.32 Å². The summed E-state index contributed by atoms with van der Waals surface area (Å²) in [5.74, 6) is 2.64. The third kappa shape index (κ3) is 2.63. The Morgan fingerprint density at radius 3 is 2.21 bits per heavy atom. The molecule has 0 amide bonds. The van der Waals surface area contributed by atoms with Gasteiger partial charge in [0.25, 0.3) is 0 Å². The second-order valence-corrected chi connectivity index (χ2v) is 4.82. The Balaban J connectivity index is 2.41. The highest BCUT2D eigenvalue weighted by Gasteiger charge is 2.28. The van der Waals surface area contributed by atoms with Crippen molar-refractivity contribution in [2.45, 2.75) is 31.7 Å². The zero-order valence-electron chi connectivity index (χ0n) is 12.2. The number of hydrogen-bond acceptors (Lipinski definition) is 4. The lowest BCUT2D eigenvalue weighted by atomic mass is 9.90. The SMILES string of the molecule is CCC1NCCC1c1cc(OC)c(OC)c(OC)c1. The van der Waals surface area contributed by atoms with Crippen molar-refractivity contribution in [2.75, 3.05) is 27.9 Å². The first-order chi connectivity index (χ1) is 9.24. The first-order valence-corrected chi connectivity index (χ1v) is 6.78. The van der Waals surface area contributed by atoms with E-state index in [1.165, 1.54) is 5.56 Å². The van der Waals surface area contributed by atoms with Gasteiger partial charge in [-0.2, -0.15) is 0 Å². The summed E-state index contributed by atoms with van der Waals surface area (Å²) in [7, 11) is 4.95. The molecule has 106 valence electrons. The molecule has 0 bridgehead atoms. The van der Waals surface area contributed by atoms with E-state index in [2.05, 4.69) is 24.4 Å². The molecule has 1 aromatic rings. The second-order valence-electron chi connectivity index (χ2n) is 4.82. The molecule has 19 heavy (non-hydrogen) atoms. The maximum atomic E-state index is 5.42. The molecule has 4 nitrogen and oxygen atoms in total. The summed E-state index contributed by atoms with van der Waals surface area (Å²) < 4.78 is 16.2. The molecule has 0 spiro atoms. The van der Waals surface area contributed by atoms with Gasteiger partial charge in [0.2, 0.25) is 5.75 Å². The summed E-state index contributed by atoms with van der Waals surface area (Å²) in [6.45, 7) is 3.29. The Kier molecular flexibility index (Phi) is 4.53. The molecular weight excluding hydrogens is 242 g/mol. The molecule has 1 aliphatic rings. The largest absolute Gasteiger partial charge is 0.493 e. The smallest absolute Gasteiger partial charge is 0.203 e. The molecule has 1 aromatic carbocycles. The quantitative estimate of drug-likeness (QED) is 0.888. The highest BCUT2D eigenvalue weighted by molar-refractivity contribution is 5.54. The Labute approximate surface area is 115 Å². The van der Waals surface area contributed by atoms with Gasteiger partial charge < -0.3 is 19.5 Å². The van der Waals surface area contributed by atoms with Crippen molar-refractivity contribution in [2.24, 2.45) is 0 Å². The molecule has 2 rings (SSSR count). The summed E-state index contributed by atoms with van der Waals surface area (Å²) in [4.78, 5) is 0. The van der Waals surface area contributed by atoms with Gasteiger partial charge in [-0.3, -0.25) is 0 Å². The highest BCUT2D eigenvalue weighted by atomic mass is 16.5. The first kappa shape index (κ1) is 14.0. The average molecular weight is 265 g/mol. The third-order valence-corrected chi connectivity index (χ3v) is 3.90. The Bertz CT molecular complexity index is 408. The number of methoxy groups -OCH3 is 3. The summed E-state index contributed by atoms with van der Waals surface area (Å²) in [5.41, 5.74) is 1.26. The number of ether oxygens (including phenoxy) is 3. The Morgan fingerprint density at radius 2 is 1.74 bits per heavy atom. The zero-order valence-corrected chi connectivity index (χ0v) is 12.2. The topological polar surface area (TPSA) is 39.7 Å². The molecule has 1 saturated heterocycles. The van der Waals surface area contributed by atoms with Crippen molar-refractivity contribution in [1.29, 1.82) is 0 Å². The van der Waals surface area contributed by atoms with E-state index in [0.717, 1.165) is 30.9 Å². The van der Waals surface area contributed by atoms with E-state index in [-0.39, 0.29) is 0 Å². The van der Waals surface area contributed by atoms with Gasteiger partial charge in [0.15, 0.2) is 11.5 Å².